The van der Waals surface area contributed by atoms with Gasteiger partial charge in [-0.1, -0.05) is 0 Å². The van der Waals surface area contributed by atoms with Crippen LogP contribution in [0, 0.1) is 6.92 Å². The summed E-state index contributed by atoms with van der Waals surface area (Å²) in [6, 6.07) is -0.0319. The van der Waals surface area contributed by atoms with Gasteiger partial charge in [-0.3, -0.25) is 9.89 Å². The van der Waals surface area contributed by atoms with Gasteiger partial charge in [-0.05, 0) is 6.92 Å². The first-order valence-electron chi connectivity index (χ1n) is 5.32. The Kier molecular flexibility index (Phi) is 3.21. The molecule has 0 bridgehead atoms. The number of aromatic amines is 1. The van der Waals surface area contributed by atoms with Crippen LogP contribution in [-0.4, -0.2) is 53.3 Å². The normalized spacial score (nSPS) is 21.1. The topological polar surface area (TPSA) is 84.2 Å². The molecule has 1 saturated heterocycles. The molecule has 16 heavy (non-hydrogen) atoms. The molecule has 2 heterocycles. The lowest BCUT2D eigenvalue weighted by molar-refractivity contribution is 0.000802. The number of carbonyl (C=O) groups is 1. The van der Waals surface area contributed by atoms with Crippen LogP contribution in [0.25, 0.3) is 0 Å². The van der Waals surface area contributed by atoms with Crippen LogP contribution in [0.15, 0.2) is 6.20 Å². The van der Waals surface area contributed by atoms with E-state index in [2.05, 4.69) is 10.2 Å². The van der Waals surface area contributed by atoms with Gasteiger partial charge in [-0.2, -0.15) is 5.10 Å². The Bertz CT molecular complexity index is 377. The SMILES string of the molecule is Cc1[nH]ncc1C(=O)N1CCOCC1CN. The van der Waals surface area contributed by atoms with Crippen molar-refractivity contribution in [1.29, 1.82) is 0 Å². The number of H-pyrrole nitrogens is 1. The molecule has 6 nitrogen and oxygen atoms in total. The van der Waals surface area contributed by atoms with Gasteiger partial charge in [0.05, 0.1) is 31.0 Å². The summed E-state index contributed by atoms with van der Waals surface area (Å²) in [5, 5.41) is 6.61. The van der Waals surface area contributed by atoms with E-state index in [0.717, 1.165) is 5.69 Å². The van der Waals surface area contributed by atoms with Gasteiger partial charge < -0.3 is 15.4 Å². The van der Waals surface area contributed by atoms with Crippen molar-refractivity contribution < 1.29 is 9.53 Å². The minimum Gasteiger partial charge on any atom is -0.377 e. The molecule has 0 spiro atoms. The van der Waals surface area contributed by atoms with Crippen molar-refractivity contribution in [2.45, 2.75) is 13.0 Å². The second-order valence-corrected chi connectivity index (χ2v) is 3.87. The molecule has 1 fully saturated rings. The number of nitrogens with zero attached hydrogens (tertiary/aromatic N) is 2. The summed E-state index contributed by atoms with van der Waals surface area (Å²) in [5.41, 5.74) is 7.02. The number of nitrogens with one attached hydrogen (secondary N) is 1. The molecule has 0 radical (unpaired) electrons. The van der Waals surface area contributed by atoms with Gasteiger partial charge in [-0.15, -0.1) is 0 Å². The Hall–Kier alpha value is -1.40. The van der Waals surface area contributed by atoms with Gasteiger partial charge in [0.2, 0.25) is 0 Å². The van der Waals surface area contributed by atoms with Crippen molar-refractivity contribution >= 4 is 5.91 Å². The number of morpholine rings is 1. The Morgan fingerprint density at radius 1 is 1.81 bits per heavy atom. The number of carbonyl (C=O) groups excluding carboxylic acids is 1. The molecule has 1 aliphatic rings. The summed E-state index contributed by atoms with van der Waals surface area (Å²) in [5.74, 6) is -0.0231. The molecule has 3 N–H and O–H groups in total. The minimum atomic E-state index is -0.0319. The lowest BCUT2D eigenvalue weighted by Crippen LogP contribution is -2.52. The summed E-state index contributed by atoms with van der Waals surface area (Å²) in [4.78, 5) is 14.0. The van der Waals surface area contributed by atoms with Crippen molar-refractivity contribution in [2.24, 2.45) is 5.73 Å². The number of rotatable bonds is 2. The maximum atomic E-state index is 12.2. The van der Waals surface area contributed by atoms with E-state index in [-0.39, 0.29) is 11.9 Å². The standard InChI is InChI=1S/C10H16N4O2/c1-7-9(5-12-13-7)10(15)14-2-3-16-6-8(14)4-11/h5,8H,2-4,6,11H2,1H3,(H,12,13). The summed E-state index contributed by atoms with van der Waals surface area (Å²) < 4.78 is 5.30. The highest BCUT2D eigenvalue weighted by atomic mass is 16.5. The van der Waals surface area contributed by atoms with Crippen LogP contribution in [0.5, 0.6) is 0 Å². The molecule has 1 aromatic rings. The maximum absolute atomic E-state index is 12.2. The predicted molar refractivity (Wildman–Crippen MR) is 58.0 cm³/mol. The fourth-order valence-corrected chi connectivity index (χ4v) is 1.84. The van der Waals surface area contributed by atoms with Gasteiger partial charge in [0.15, 0.2) is 0 Å². The zero-order chi connectivity index (χ0) is 11.5. The number of nitrogens with two attached hydrogens (primary N) is 1. The molecule has 0 saturated carbocycles. The molecule has 1 amide bonds. The number of aryl methyl sites for hydroxylation is 1. The van der Waals surface area contributed by atoms with Crippen LogP contribution in [0.1, 0.15) is 16.1 Å². The summed E-state index contributed by atoms with van der Waals surface area (Å²) in [6.07, 6.45) is 1.56. The van der Waals surface area contributed by atoms with E-state index < -0.39 is 0 Å². The molecule has 6 heteroatoms. The van der Waals surface area contributed by atoms with Crippen LogP contribution in [0.3, 0.4) is 0 Å². The highest BCUT2D eigenvalue weighted by Crippen LogP contribution is 2.13. The Morgan fingerprint density at radius 2 is 2.62 bits per heavy atom. The monoisotopic (exact) mass is 224 g/mol. The summed E-state index contributed by atoms with van der Waals surface area (Å²) in [7, 11) is 0. The van der Waals surface area contributed by atoms with Gasteiger partial charge in [-0.25, -0.2) is 0 Å². The fraction of sp³-hybridized carbons (Fsp3) is 0.600. The molecule has 0 aliphatic carbocycles. The lowest BCUT2D eigenvalue weighted by atomic mass is 10.1. The van der Waals surface area contributed by atoms with E-state index in [0.29, 0.717) is 31.9 Å². The van der Waals surface area contributed by atoms with E-state index in [1.54, 1.807) is 11.1 Å². The van der Waals surface area contributed by atoms with Gasteiger partial charge >= 0.3 is 0 Å². The number of ether oxygens (including phenoxy) is 1. The van der Waals surface area contributed by atoms with E-state index in [1.807, 2.05) is 6.92 Å². The maximum Gasteiger partial charge on any atom is 0.257 e. The summed E-state index contributed by atoms with van der Waals surface area (Å²) in [6.45, 7) is 3.92. The van der Waals surface area contributed by atoms with Crippen molar-refractivity contribution in [3.8, 4) is 0 Å². The zero-order valence-electron chi connectivity index (χ0n) is 9.27. The van der Waals surface area contributed by atoms with E-state index in [4.69, 9.17) is 10.5 Å². The Balaban J connectivity index is 2.17. The van der Waals surface area contributed by atoms with Crippen molar-refractivity contribution in [3.63, 3.8) is 0 Å². The molecule has 1 aliphatic heterocycles. The van der Waals surface area contributed by atoms with Gasteiger partial charge in [0, 0.05) is 18.8 Å². The lowest BCUT2D eigenvalue weighted by Gasteiger charge is -2.34. The largest absolute Gasteiger partial charge is 0.377 e. The molecule has 88 valence electrons. The molecule has 1 atom stereocenters. The van der Waals surface area contributed by atoms with Gasteiger partial charge in [0.1, 0.15) is 0 Å². The Morgan fingerprint density at radius 3 is 3.25 bits per heavy atom. The van der Waals surface area contributed by atoms with Gasteiger partial charge in [0.25, 0.3) is 5.91 Å². The smallest absolute Gasteiger partial charge is 0.257 e. The quantitative estimate of drug-likeness (QED) is 0.710. The highest BCUT2D eigenvalue weighted by molar-refractivity contribution is 5.95. The van der Waals surface area contributed by atoms with Crippen LogP contribution >= 0.6 is 0 Å². The van der Waals surface area contributed by atoms with Crippen LogP contribution in [0.2, 0.25) is 0 Å². The van der Waals surface area contributed by atoms with Crippen molar-refractivity contribution in [1.82, 2.24) is 15.1 Å². The molecule has 1 unspecified atom stereocenters. The van der Waals surface area contributed by atoms with Crippen LogP contribution in [-0.2, 0) is 4.74 Å². The van der Waals surface area contributed by atoms with Crippen LogP contribution < -0.4 is 5.73 Å². The molecular weight excluding hydrogens is 208 g/mol. The predicted octanol–water partition coefficient (Wildman–Crippen LogP) is -0.482. The average Bonchev–Trinajstić information content (AvgIpc) is 2.74. The first-order chi connectivity index (χ1) is 7.74. The molecule has 1 aromatic heterocycles. The second-order valence-electron chi connectivity index (χ2n) is 3.87. The number of hydrogen-bond acceptors (Lipinski definition) is 4. The third-order valence-corrected chi connectivity index (χ3v) is 2.82. The summed E-state index contributed by atoms with van der Waals surface area (Å²) >= 11 is 0. The van der Waals surface area contributed by atoms with Crippen LogP contribution in [0.4, 0.5) is 0 Å². The fourth-order valence-electron chi connectivity index (χ4n) is 1.84. The zero-order valence-corrected chi connectivity index (χ0v) is 9.27. The van der Waals surface area contributed by atoms with E-state index in [9.17, 15) is 4.79 Å². The number of aromatic nitrogens is 2. The first-order valence-corrected chi connectivity index (χ1v) is 5.32. The second kappa shape index (κ2) is 4.63. The highest BCUT2D eigenvalue weighted by Gasteiger charge is 2.28. The molecule has 2 rings (SSSR count). The minimum absolute atomic E-state index is 0.0231. The average molecular weight is 224 g/mol. The third-order valence-electron chi connectivity index (χ3n) is 2.82. The van der Waals surface area contributed by atoms with E-state index >= 15 is 0 Å². The molecular formula is C10H16N4O2. The van der Waals surface area contributed by atoms with Crippen molar-refractivity contribution in [3.05, 3.63) is 17.5 Å². The number of amides is 1. The number of hydrogen-bond donors (Lipinski definition) is 2. The van der Waals surface area contributed by atoms with E-state index in [1.165, 1.54) is 0 Å². The Labute approximate surface area is 93.8 Å². The molecule has 0 aromatic carbocycles. The third kappa shape index (κ3) is 1.94. The first kappa shape index (κ1) is 11.1. The van der Waals surface area contributed by atoms with Crippen molar-refractivity contribution in [2.75, 3.05) is 26.3 Å².